The van der Waals surface area contributed by atoms with Crippen molar-refractivity contribution in [2.75, 3.05) is 26.2 Å². The molecule has 6 heteroatoms. The summed E-state index contributed by atoms with van der Waals surface area (Å²) < 4.78 is 16.5. The second-order valence-corrected chi connectivity index (χ2v) is 9.58. The summed E-state index contributed by atoms with van der Waals surface area (Å²) in [5.74, 6) is 1.19. The number of Topliss-reactive ketones (excluding diaryl/α,β-unsaturated/α-hetero) is 1. The Labute approximate surface area is 195 Å². The van der Waals surface area contributed by atoms with Gasteiger partial charge < -0.3 is 14.2 Å². The lowest BCUT2D eigenvalue weighted by molar-refractivity contribution is -0.121. The molecular weight excluding hydrogens is 418 g/mol. The molecule has 0 N–H and O–H groups in total. The van der Waals surface area contributed by atoms with Crippen molar-refractivity contribution in [1.29, 1.82) is 0 Å². The Balaban J connectivity index is 1.91. The summed E-state index contributed by atoms with van der Waals surface area (Å²) in [6.45, 7) is 6.17. The molecule has 1 amide bonds. The van der Waals surface area contributed by atoms with Crippen LogP contribution in [0.1, 0.15) is 50.2 Å². The summed E-state index contributed by atoms with van der Waals surface area (Å²) in [7, 11) is 4.67. The maximum absolute atomic E-state index is 13.6. The fraction of sp³-hybridized carbons (Fsp3) is 0.407. The molecule has 6 nitrogen and oxygen atoms in total. The van der Waals surface area contributed by atoms with Crippen LogP contribution in [-0.2, 0) is 9.59 Å². The number of rotatable bonds is 5. The van der Waals surface area contributed by atoms with Gasteiger partial charge in [0.15, 0.2) is 17.3 Å². The van der Waals surface area contributed by atoms with E-state index in [0.717, 1.165) is 22.5 Å². The van der Waals surface area contributed by atoms with Crippen molar-refractivity contribution in [3.8, 4) is 17.2 Å². The maximum atomic E-state index is 13.6. The van der Waals surface area contributed by atoms with Gasteiger partial charge in [-0.15, -0.1) is 0 Å². The fourth-order valence-electron chi connectivity index (χ4n) is 5.00. The maximum Gasteiger partial charge on any atom is 0.232 e. The summed E-state index contributed by atoms with van der Waals surface area (Å²) in [6, 6.07) is 11.6. The zero-order chi connectivity index (χ0) is 23.9. The largest absolute Gasteiger partial charge is 0.493 e. The monoisotopic (exact) mass is 449 g/mol. The molecule has 174 valence electrons. The van der Waals surface area contributed by atoms with Crippen molar-refractivity contribution in [2.45, 2.75) is 46.0 Å². The number of carbonyl (C=O) groups is 2. The number of amides is 1. The van der Waals surface area contributed by atoms with Crippen LogP contribution >= 0.6 is 0 Å². The Morgan fingerprint density at radius 2 is 1.52 bits per heavy atom. The van der Waals surface area contributed by atoms with Crippen LogP contribution in [0, 0.1) is 12.3 Å². The van der Waals surface area contributed by atoms with E-state index < -0.39 is 0 Å². The number of anilines is 1. The molecule has 0 bridgehead atoms. The first-order valence-corrected chi connectivity index (χ1v) is 11.1. The number of methoxy groups -OCH3 is 3. The molecule has 4 rings (SSSR count). The molecule has 1 heterocycles. The Kier molecular flexibility index (Phi) is 5.95. The molecule has 1 atom stereocenters. The molecule has 1 aliphatic carbocycles. The minimum absolute atomic E-state index is 0.0261. The number of nitrogens with zero attached hydrogens (tertiary/aromatic N) is 1. The average molecular weight is 450 g/mol. The third kappa shape index (κ3) is 4.10. The van der Waals surface area contributed by atoms with Crippen molar-refractivity contribution in [1.82, 2.24) is 0 Å². The Hall–Kier alpha value is -3.28. The van der Waals surface area contributed by atoms with Crippen molar-refractivity contribution < 1.29 is 23.8 Å². The van der Waals surface area contributed by atoms with Crippen LogP contribution in [0.5, 0.6) is 17.2 Å². The first kappa shape index (κ1) is 22.9. The van der Waals surface area contributed by atoms with Crippen LogP contribution < -0.4 is 19.1 Å². The molecule has 0 aromatic heterocycles. The van der Waals surface area contributed by atoms with Gasteiger partial charge in [-0.3, -0.25) is 14.5 Å². The number of allylic oxidation sites excluding steroid dienone is 2. The highest BCUT2D eigenvalue weighted by Gasteiger charge is 2.44. The van der Waals surface area contributed by atoms with Crippen molar-refractivity contribution in [3.63, 3.8) is 0 Å². The zero-order valence-electron chi connectivity index (χ0n) is 20.2. The van der Waals surface area contributed by atoms with Crippen LogP contribution in [-0.4, -0.2) is 33.0 Å². The molecule has 0 spiro atoms. The van der Waals surface area contributed by atoms with Gasteiger partial charge in [-0.2, -0.15) is 0 Å². The minimum Gasteiger partial charge on any atom is -0.493 e. The van der Waals surface area contributed by atoms with E-state index in [1.54, 1.807) is 26.2 Å². The van der Waals surface area contributed by atoms with E-state index in [-0.39, 0.29) is 29.4 Å². The predicted octanol–water partition coefficient (Wildman–Crippen LogP) is 5.18. The molecule has 1 aliphatic heterocycles. The molecule has 0 saturated heterocycles. The molecule has 2 aliphatic rings. The van der Waals surface area contributed by atoms with E-state index in [4.69, 9.17) is 14.2 Å². The molecule has 0 radical (unpaired) electrons. The van der Waals surface area contributed by atoms with E-state index >= 15 is 0 Å². The molecule has 2 aromatic rings. The second-order valence-electron chi connectivity index (χ2n) is 9.58. The van der Waals surface area contributed by atoms with E-state index in [2.05, 4.69) is 13.8 Å². The lowest BCUT2D eigenvalue weighted by atomic mass is 9.69. The Morgan fingerprint density at radius 3 is 2.06 bits per heavy atom. The first-order chi connectivity index (χ1) is 15.7. The normalized spacial score (nSPS) is 19.9. The summed E-state index contributed by atoms with van der Waals surface area (Å²) in [4.78, 5) is 28.8. The van der Waals surface area contributed by atoms with Gasteiger partial charge in [0.1, 0.15) is 0 Å². The van der Waals surface area contributed by atoms with Crippen molar-refractivity contribution in [2.24, 2.45) is 5.41 Å². The Bertz CT molecular complexity index is 1100. The smallest absolute Gasteiger partial charge is 0.232 e. The summed E-state index contributed by atoms with van der Waals surface area (Å²) in [5, 5.41) is 0. The highest BCUT2D eigenvalue weighted by atomic mass is 16.5. The molecule has 1 unspecified atom stereocenters. The number of benzene rings is 2. The lowest BCUT2D eigenvalue weighted by Gasteiger charge is -2.43. The van der Waals surface area contributed by atoms with E-state index in [1.165, 1.54) is 0 Å². The second kappa shape index (κ2) is 8.58. The number of ketones is 1. The number of carbonyl (C=O) groups excluding carboxylic acids is 2. The minimum atomic E-state index is -0.369. The highest BCUT2D eigenvalue weighted by molar-refractivity contribution is 6.07. The zero-order valence-corrected chi connectivity index (χ0v) is 20.2. The van der Waals surface area contributed by atoms with Gasteiger partial charge in [0.25, 0.3) is 0 Å². The molecule has 33 heavy (non-hydrogen) atoms. The number of ether oxygens (including phenoxy) is 3. The standard InChI is InChI=1S/C27H31NO5/c1-16-7-9-18(10-8-16)28-20-14-27(2,3)15-21(29)25(20)19(13-24(28)30)17-11-22(31-4)26(33-6)23(12-17)32-5/h7-12,19H,13-15H2,1-6H3. The predicted molar refractivity (Wildman–Crippen MR) is 127 cm³/mol. The van der Waals surface area contributed by atoms with Gasteiger partial charge in [0.05, 0.1) is 21.3 Å². The third-order valence-electron chi connectivity index (χ3n) is 6.52. The van der Waals surface area contributed by atoms with Crippen LogP contribution in [0.15, 0.2) is 47.7 Å². The molecule has 0 saturated carbocycles. The van der Waals surface area contributed by atoms with E-state index in [9.17, 15) is 9.59 Å². The summed E-state index contributed by atoms with van der Waals surface area (Å²) in [6.07, 6.45) is 1.29. The van der Waals surface area contributed by atoms with Gasteiger partial charge in [0.2, 0.25) is 11.7 Å². The number of hydrogen-bond acceptors (Lipinski definition) is 5. The van der Waals surface area contributed by atoms with Gasteiger partial charge in [-0.05, 0) is 48.6 Å². The van der Waals surface area contributed by atoms with Gasteiger partial charge in [0, 0.05) is 35.7 Å². The van der Waals surface area contributed by atoms with Crippen LogP contribution in [0.3, 0.4) is 0 Å². The highest BCUT2D eigenvalue weighted by Crippen LogP contribution is 2.50. The summed E-state index contributed by atoms with van der Waals surface area (Å²) in [5.41, 5.74) is 4.01. The first-order valence-electron chi connectivity index (χ1n) is 11.1. The third-order valence-corrected chi connectivity index (χ3v) is 6.52. The van der Waals surface area contributed by atoms with Crippen LogP contribution in [0.4, 0.5) is 5.69 Å². The fourth-order valence-corrected chi connectivity index (χ4v) is 5.00. The van der Waals surface area contributed by atoms with Gasteiger partial charge >= 0.3 is 0 Å². The Morgan fingerprint density at radius 1 is 0.909 bits per heavy atom. The molecule has 2 aromatic carbocycles. The summed E-state index contributed by atoms with van der Waals surface area (Å²) >= 11 is 0. The van der Waals surface area contributed by atoms with Crippen LogP contribution in [0.2, 0.25) is 0 Å². The lowest BCUT2D eigenvalue weighted by Crippen LogP contribution is -2.43. The van der Waals surface area contributed by atoms with Crippen LogP contribution in [0.25, 0.3) is 0 Å². The average Bonchev–Trinajstić information content (AvgIpc) is 2.77. The number of hydrogen-bond donors (Lipinski definition) is 0. The van der Waals surface area contributed by atoms with E-state index in [1.807, 2.05) is 43.3 Å². The van der Waals surface area contributed by atoms with E-state index in [0.29, 0.717) is 35.7 Å². The quantitative estimate of drug-likeness (QED) is 0.629. The van der Waals surface area contributed by atoms with Gasteiger partial charge in [-0.25, -0.2) is 0 Å². The van der Waals surface area contributed by atoms with Crippen molar-refractivity contribution >= 4 is 17.4 Å². The number of aryl methyl sites for hydroxylation is 1. The molecular formula is C27H31NO5. The molecule has 0 fully saturated rings. The topological polar surface area (TPSA) is 65.1 Å². The van der Waals surface area contributed by atoms with Gasteiger partial charge in [-0.1, -0.05) is 31.5 Å². The van der Waals surface area contributed by atoms with Crippen molar-refractivity contribution in [3.05, 3.63) is 58.8 Å². The SMILES string of the molecule is COc1cc(C2CC(=O)N(c3ccc(C)cc3)C3=C2C(=O)CC(C)(C)C3)cc(OC)c1OC.